The third kappa shape index (κ3) is 2.19. The molecule has 3 heterocycles. The molecule has 1 aliphatic heterocycles. The van der Waals surface area contributed by atoms with E-state index in [1.54, 1.807) is 10.9 Å². The van der Waals surface area contributed by atoms with Crippen molar-refractivity contribution in [1.29, 1.82) is 0 Å². The minimum atomic E-state index is -0.273. The monoisotopic (exact) mass is 259 g/mol. The normalized spacial score (nSPS) is 19.1. The van der Waals surface area contributed by atoms with Gasteiger partial charge in [-0.15, -0.1) is 0 Å². The molecule has 0 saturated carbocycles. The van der Waals surface area contributed by atoms with Crippen LogP contribution in [0, 0.1) is 6.92 Å². The van der Waals surface area contributed by atoms with Crippen LogP contribution in [0.2, 0.25) is 0 Å². The first-order valence-corrected chi connectivity index (χ1v) is 6.40. The van der Waals surface area contributed by atoms with E-state index in [0.717, 1.165) is 29.9 Å². The summed E-state index contributed by atoms with van der Waals surface area (Å²) in [5.74, 6) is 0.679. The largest absolute Gasteiger partial charge is 0.391 e. The van der Waals surface area contributed by atoms with Gasteiger partial charge in [0.2, 0.25) is 5.95 Å². The molecule has 6 nitrogen and oxygen atoms in total. The number of aromatic nitrogens is 4. The van der Waals surface area contributed by atoms with Crippen LogP contribution in [0.5, 0.6) is 0 Å². The van der Waals surface area contributed by atoms with Crippen molar-refractivity contribution in [2.24, 2.45) is 7.05 Å². The van der Waals surface area contributed by atoms with Crippen LogP contribution in [-0.4, -0.2) is 44.0 Å². The second-order valence-corrected chi connectivity index (χ2v) is 4.93. The van der Waals surface area contributed by atoms with Gasteiger partial charge in [-0.2, -0.15) is 5.10 Å². The minimum absolute atomic E-state index is 0.273. The van der Waals surface area contributed by atoms with E-state index < -0.39 is 0 Å². The lowest BCUT2D eigenvalue weighted by Gasteiger charge is -2.16. The second-order valence-electron chi connectivity index (χ2n) is 4.93. The molecule has 1 N–H and O–H groups in total. The summed E-state index contributed by atoms with van der Waals surface area (Å²) in [4.78, 5) is 11.0. The van der Waals surface area contributed by atoms with Crippen molar-refractivity contribution in [3.05, 3.63) is 24.0 Å². The van der Waals surface area contributed by atoms with Gasteiger partial charge in [-0.05, 0) is 25.0 Å². The van der Waals surface area contributed by atoms with Gasteiger partial charge in [-0.3, -0.25) is 4.68 Å². The molecule has 0 aliphatic carbocycles. The van der Waals surface area contributed by atoms with Crippen LogP contribution in [0.1, 0.15) is 12.0 Å². The first kappa shape index (κ1) is 12.1. The standard InChI is InChI=1S/C13H17N5O/c1-9-7-14-13(18-6-4-10(19)8-18)16-12(9)11-3-5-15-17(11)2/h3,5,7,10,19H,4,6,8H2,1-2H3/t10-/m0/s1. The Hall–Kier alpha value is -1.95. The number of hydrogen-bond acceptors (Lipinski definition) is 5. The fourth-order valence-corrected chi connectivity index (χ4v) is 2.37. The number of aryl methyl sites for hydroxylation is 2. The van der Waals surface area contributed by atoms with E-state index in [2.05, 4.69) is 15.1 Å². The van der Waals surface area contributed by atoms with Crippen molar-refractivity contribution in [2.45, 2.75) is 19.4 Å². The van der Waals surface area contributed by atoms with Crippen molar-refractivity contribution < 1.29 is 5.11 Å². The summed E-state index contributed by atoms with van der Waals surface area (Å²) in [6.07, 6.45) is 4.09. The number of β-amino-alcohol motifs (C(OH)–C–C–N with tert-alkyl or cyclic N) is 1. The molecule has 0 spiro atoms. The SMILES string of the molecule is Cc1cnc(N2CC[C@H](O)C2)nc1-c1ccnn1C. The Balaban J connectivity index is 1.99. The highest BCUT2D eigenvalue weighted by molar-refractivity contribution is 5.60. The molecule has 100 valence electrons. The average Bonchev–Trinajstić information content (AvgIpc) is 2.99. The molecule has 6 heteroatoms. The van der Waals surface area contributed by atoms with Gasteiger partial charge in [0.1, 0.15) is 0 Å². The lowest BCUT2D eigenvalue weighted by molar-refractivity contribution is 0.198. The molecular formula is C13H17N5O. The van der Waals surface area contributed by atoms with Crippen LogP contribution < -0.4 is 4.90 Å². The van der Waals surface area contributed by atoms with E-state index in [1.165, 1.54) is 0 Å². The van der Waals surface area contributed by atoms with Crippen molar-refractivity contribution in [1.82, 2.24) is 19.7 Å². The van der Waals surface area contributed by atoms with Gasteiger partial charge >= 0.3 is 0 Å². The molecule has 0 aromatic carbocycles. The Labute approximate surface area is 111 Å². The highest BCUT2D eigenvalue weighted by atomic mass is 16.3. The maximum absolute atomic E-state index is 9.60. The summed E-state index contributed by atoms with van der Waals surface area (Å²) >= 11 is 0. The Bertz CT molecular complexity index is 594. The number of rotatable bonds is 2. The van der Waals surface area contributed by atoms with Crippen LogP contribution in [-0.2, 0) is 7.05 Å². The lowest BCUT2D eigenvalue weighted by atomic mass is 10.2. The predicted octanol–water partition coefficient (Wildman–Crippen LogP) is 0.757. The zero-order chi connectivity index (χ0) is 13.4. The van der Waals surface area contributed by atoms with E-state index >= 15 is 0 Å². The summed E-state index contributed by atoms with van der Waals surface area (Å²) < 4.78 is 1.80. The van der Waals surface area contributed by atoms with Crippen LogP contribution in [0.15, 0.2) is 18.5 Å². The fraction of sp³-hybridized carbons (Fsp3) is 0.462. The Kier molecular flexibility index (Phi) is 2.94. The van der Waals surface area contributed by atoms with Gasteiger partial charge in [-0.1, -0.05) is 0 Å². The van der Waals surface area contributed by atoms with Crippen LogP contribution >= 0.6 is 0 Å². The molecule has 1 saturated heterocycles. The highest BCUT2D eigenvalue weighted by Crippen LogP contribution is 2.23. The Morgan fingerprint density at radius 3 is 2.89 bits per heavy atom. The molecule has 2 aromatic heterocycles. The summed E-state index contributed by atoms with van der Waals surface area (Å²) in [5.41, 5.74) is 2.89. The molecule has 1 fully saturated rings. The van der Waals surface area contributed by atoms with Gasteiger partial charge in [0.05, 0.1) is 17.5 Å². The van der Waals surface area contributed by atoms with E-state index in [9.17, 15) is 5.11 Å². The first-order chi connectivity index (χ1) is 9.15. The zero-order valence-electron chi connectivity index (χ0n) is 11.1. The second kappa shape index (κ2) is 4.62. The van der Waals surface area contributed by atoms with Gasteiger partial charge in [0.15, 0.2) is 0 Å². The molecule has 19 heavy (non-hydrogen) atoms. The maximum Gasteiger partial charge on any atom is 0.226 e. The van der Waals surface area contributed by atoms with Crippen LogP contribution in [0.4, 0.5) is 5.95 Å². The van der Waals surface area contributed by atoms with Crippen molar-refractivity contribution in [3.63, 3.8) is 0 Å². The summed E-state index contributed by atoms with van der Waals surface area (Å²) in [6.45, 7) is 3.40. The van der Waals surface area contributed by atoms with Gasteiger partial charge in [0.25, 0.3) is 0 Å². The van der Waals surface area contributed by atoms with E-state index in [0.29, 0.717) is 12.5 Å². The number of aliphatic hydroxyl groups is 1. The molecule has 0 unspecified atom stereocenters. The Morgan fingerprint density at radius 2 is 2.26 bits per heavy atom. The summed E-state index contributed by atoms with van der Waals surface area (Å²) in [6, 6.07) is 1.94. The van der Waals surface area contributed by atoms with E-state index in [-0.39, 0.29) is 6.10 Å². The molecule has 3 rings (SSSR count). The van der Waals surface area contributed by atoms with Gasteiger partial charge in [-0.25, -0.2) is 9.97 Å². The first-order valence-electron chi connectivity index (χ1n) is 6.40. The minimum Gasteiger partial charge on any atom is -0.391 e. The third-order valence-corrected chi connectivity index (χ3v) is 3.47. The number of hydrogen-bond donors (Lipinski definition) is 1. The molecule has 1 aliphatic rings. The van der Waals surface area contributed by atoms with Crippen molar-refractivity contribution >= 4 is 5.95 Å². The summed E-state index contributed by atoms with van der Waals surface area (Å²) in [7, 11) is 1.90. The molecule has 0 bridgehead atoms. The molecule has 0 amide bonds. The quantitative estimate of drug-likeness (QED) is 0.862. The van der Waals surface area contributed by atoms with Crippen molar-refractivity contribution in [2.75, 3.05) is 18.0 Å². The third-order valence-electron chi connectivity index (χ3n) is 3.47. The van der Waals surface area contributed by atoms with E-state index in [1.807, 2.05) is 31.1 Å². The molecule has 2 aromatic rings. The highest BCUT2D eigenvalue weighted by Gasteiger charge is 2.23. The summed E-state index contributed by atoms with van der Waals surface area (Å²) in [5, 5.41) is 13.8. The average molecular weight is 259 g/mol. The smallest absolute Gasteiger partial charge is 0.226 e. The number of anilines is 1. The maximum atomic E-state index is 9.60. The van der Waals surface area contributed by atoms with E-state index in [4.69, 9.17) is 0 Å². The lowest BCUT2D eigenvalue weighted by Crippen LogP contribution is -2.23. The fourth-order valence-electron chi connectivity index (χ4n) is 2.37. The van der Waals surface area contributed by atoms with Gasteiger partial charge in [0, 0.05) is 32.5 Å². The number of nitrogens with zero attached hydrogens (tertiary/aromatic N) is 5. The molecule has 1 atom stereocenters. The van der Waals surface area contributed by atoms with Crippen molar-refractivity contribution in [3.8, 4) is 11.4 Å². The van der Waals surface area contributed by atoms with Crippen LogP contribution in [0.25, 0.3) is 11.4 Å². The van der Waals surface area contributed by atoms with Gasteiger partial charge < -0.3 is 10.0 Å². The topological polar surface area (TPSA) is 67.1 Å². The Morgan fingerprint density at radius 1 is 1.42 bits per heavy atom. The predicted molar refractivity (Wildman–Crippen MR) is 71.8 cm³/mol. The zero-order valence-corrected chi connectivity index (χ0v) is 11.1. The number of aliphatic hydroxyl groups excluding tert-OH is 1. The van der Waals surface area contributed by atoms with Crippen LogP contribution in [0.3, 0.4) is 0 Å². The molecule has 0 radical (unpaired) electrons. The molecular weight excluding hydrogens is 242 g/mol.